The summed E-state index contributed by atoms with van der Waals surface area (Å²) >= 11 is 0. The van der Waals surface area contributed by atoms with Gasteiger partial charge < -0.3 is 15.2 Å². The summed E-state index contributed by atoms with van der Waals surface area (Å²) in [6.07, 6.45) is 0. The number of methoxy groups -OCH3 is 1. The van der Waals surface area contributed by atoms with Crippen LogP contribution >= 0.6 is 0 Å². The zero-order chi connectivity index (χ0) is 15.4. The Bertz CT molecular complexity index is 646. The van der Waals surface area contributed by atoms with Gasteiger partial charge in [0.2, 0.25) is 0 Å². The van der Waals surface area contributed by atoms with Gasteiger partial charge in [0.05, 0.1) is 7.11 Å². The highest BCUT2D eigenvalue weighted by Crippen LogP contribution is 2.23. The summed E-state index contributed by atoms with van der Waals surface area (Å²) in [5.41, 5.74) is 9.37. The minimum absolute atomic E-state index is 0.0327. The molecular weight excluding hydrogens is 264 g/mol. The van der Waals surface area contributed by atoms with Gasteiger partial charge in [0.1, 0.15) is 23.9 Å². The molecule has 110 valence electrons. The van der Waals surface area contributed by atoms with Crippen LogP contribution in [-0.4, -0.2) is 12.9 Å². The number of rotatable bonds is 5. The highest BCUT2D eigenvalue weighted by atomic mass is 16.5. The van der Waals surface area contributed by atoms with Gasteiger partial charge >= 0.3 is 0 Å². The second-order valence-corrected chi connectivity index (χ2v) is 5.05. The Balaban J connectivity index is 2.21. The molecule has 3 N–H and O–H groups in total. The van der Waals surface area contributed by atoms with Crippen LogP contribution in [0.2, 0.25) is 0 Å². The van der Waals surface area contributed by atoms with Crippen molar-refractivity contribution in [1.82, 2.24) is 0 Å². The molecule has 4 nitrogen and oxygen atoms in total. The summed E-state index contributed by atoms with van der Waals surface area (Å²) in [7, 11) is 1.61. The van der Waals surface area contributed by atoms with Crippen molar-refractivity contribution in [1.29, 1.82) is 5.41 Å². The molecule has 21 heavy (non-hydrogen) atoms. The molecule has 0 amide bonds. The van der Waals surface area contributed by atoms with Crippen molar-refractivity contribution in [3.05, 3.63) is 58.7 Å². The highest BCUT2D eigenvalue weighted by Gasteiger charge is 2.07. The van der Waals surface area contributed by atoms with Crippen LogP contribution in [0.25, 0.3) is 0 Å². The molecule has 0 unspecified atom stereocenters. The first-order chi connectivity index (χ1) is 9.99. The number of ether oxygens (including phenoxy) is 2. The van der Waals surface area contributed by atoms with Crippen molar-refractivity contribution in [2.24, 2.45) is 5.73 Å². The standard InChI is InChI=1S/C17H20N2O2/c1-11-6-12(2)8-15(7-11)21-10-14-9-13(17(18)19)4-5-16(14)20-3/h4-9H,10H2,1-3H3,(H3,18,19). The normalized spacial score (nSPS) is 10.2. The van der Waals surface area contributed by atoms with Crippen LogP contribution in [0.1, 0.15) is 22.3 Å². The summed E-state index contributed by atoms with van der Waals surface area (Å²) in [5, 5.41) is 7.51. The van der Waals surface area contributed by atoms with E-state index in [4.69, 9.17) is 20.6 Å². The summed E-state index contributed by atoms with van der Waals surface area (Å²) in [4.78, 5) is 0. The predicted molar refractivity (Wildman–Crippen MR) is 84.3 cm³/mol. The smallest absolute Gasteiger partial charge is 0.125 e. The Morgan fingerprint density at radius 2 is 1.76 bits per heavy atom. The third-order valence-electron chi connectivity index (χ3n) is 3.18. The van der Waals surface area contributed by atoms with E-state index in [9.17, 15) is 0 Å². The monoisotopic (exact) mass is 284 g/mol. The van der Waals surface area contributed by atoms with Crippen LogP contribution in [0.4, 0.5) is 0 Å². The Morgan fingerprint density at radius 3 is 2.33 bits per heavy atom. The van der Waals surface area contributed by atoms with Crippen LogP contribution in [0.5, 0.6) is 11.5 Å². The van der Waals surface area contributed by atoms with Crippen molar-refractivity contribution in [3.63, 3.8) is 0 Å². The third-order valence-corrected chi connectivity index (χ3v) is 3.18. The van der Waals surface area contributed by atoms with E-state index in [1.807, 2.05) is 32.0 Å². The Morgan fingerprint density at radius 1 is 1.10 bits per heavy atom. The molecule has 0 aliphatic heterocycles. The predicted octanol–water partition coefficient (Wildman–Crippen LogP) is 3.18. The lowest BCUT2D eigenvalue weighted by Crippen LogP contribution is -2.12. The first-order valence-electron chi connectivity index (χ1n) is 6.72. The lowest BCUT2D eigenvalue weighted by molar-refractivity contribution is 0.296. The van der Waals surface area contributed by atoms with E-state index in [2.05, 4.69) is 6.07 Å². The van der Waals surface area contributed by atoms with E-state index in [-0.39, 0.29) is 5.84 Å². The molecule has 0 bridgehead atoms. The van der Waals surface area contributed by atoms with Gasteiger partial charge in [0.25, 0.3) is 0 Å². The number of hydrogen-bond donors (Lipinski definition) is 2. The van der Waals surface area contributed by atoms with Gasteiger partial charge in [-0.1, -0.05) is 6.07 Å². The largest absolute Gasteiger partial charge is 0.496 e. The second-order valence-electron chi connectivity index (χ2n) is 5.05. The third kappa shape index (κ3) is 3.75. The Kier molecular flexibility index (Phi) is 4.48. The number of benzene rings is 2. The van der Waals surface area contributed by atoms with E-state index in [0.29, 0.717) is 12.2 Å². The van der Waals surface area contributed by atoms with E-state index in [1.165, 1.54) is 0 Å². The molecule has 2 aromatic carbocycles. The minimum atomic E-state index is 0.0327. The van der Waals surface area contributed by atoms with Crippen LogP contribution < -0.4 is 15.2 Å². The molecule has 0 saturated heterocycles. The maximum Gasteiger partial charge on any atom is 0.125 e. The van der Waals surface area contributed by atoms with Crippen molar-refractivity contribution >= 4 is 5.84 Å². The first-order valence-corrected chi connectivity index (χ1v) is 6.72. The van der Waals surface area contributed by atoms with Crippen molar-refractivity contribution < 1.29 is 9.47 Å². The molecule has 0 spiro atoms. The van der Waals surface area contributed by atoms with Crippen LogP contribution in [0, 0.1) is 19.3 Å². The molecule has 4 heteroatoms. The molecule has 2 rings (SSSR count). The van der Waals surface area contributed by atoms with Gasteiger partial charge in [0, 0.05) is 11.1 Å². The molecular formula is C17H20N2O2. The minimum Gasteiger partial charge on any atom is -0.496 e. The van der Waals surface area contributed by atoms with Gasteiger partial charge in [0.15, 0.2) is 0 Å². The number of aryl methyl sites for hydroxylation is 2. The fourth-order valence-corrected chi connectivity index (χ4v) is 2.24. The SMILES string of the molecule is COc1ccc(C(=N)N)cc1COc1cc(C)cc(C)c1. The van der Waals surface area contributed by atoms with Gasteiger partial charge in [-0.2, -0.15) is 0 Å². The number of nitrogens with two attached hydrogens (primary N) is 1. The van der Waals surface area contributed by atoms with E-state index in [1.54, 1.807) is 19.2 Å². The molecule has 0 fully saturated rings. The maximum absolute atomic E-state index is 7.51. The fourth-order valence-electron chi connectivity index (χ4n) is 2.24. The zero-order valence-corrected chi connectivity index (χ0v) is 12.6. The molecule has 0 aromatic heterocycles. The van der Waals surface area contributed by atoms with Gasteiger partial charge in [-0.15, -0.1) is 0 Å². The maximum atomic E-state index is 7.51. The van der Waals surface area contributed by atoms with Crippen molar-refractivity contribution in [3.8, 4) is 11.5 Å². The Hall–Kier alpha value is -2.49. The number of hydrogen-bond acceptors (Lipinski definition) is 3. The first kappa shape index (κ1) is 14.9. The van der Waals surface area contributed by atoms with Crippen LogP contribution in [0.15, 0.2) is 36.4 Å². The topological polar surface area (TPSA) is 68.3 Å². The molecule has 0 heterocycles. The molecule has 0 radical (unpaired) electrons. The van der Waals surface area contributed by atoms with Crippen molar-refractivity contribution in [2.75, 3.05) is 7.11 Å². The fraction of sp³-hybridized carbons (Fsp3) is 0.235. The Labute approximate surface area is 125 Å². The molecule has 0 saturated carbocycles. The molecule has 0 atom stereocenters. The molecule has 0 aliphatic rings. The summed E-state index contributed by atoms with van der Waals surface area (Å²) < 4.78 is 11.2. The average Bonchev–Trinajstić information content (AvgIpc) is 2.43. The number of amidine groups is 1. The molecule has 0 aliphatic carbocycles. The quantitative estimate of drug-likeness (QED) is 0.654. The van der Waals surface area contributed by atoms with Gasteiger partial charge in [-0.3, -0.25) is 5.41 Å². The van der Waals surface area contributed by atoms with Crippen LogP contribution in [-0.2, 0) is 6.61 Å². The van der Waals surface area contributed by atoms with E-state index < -0.39 is 0 Å². The lowest BCUT2D eigenvalue weighted by Gasteiger charge is -2.12. The zero-order valence-electron chi connectivity index (χ0n) is 12.6. The lowest BCUT2D eigenvalue weighted by atomic mass is 10.1. The number of nitrogen functional groups attached to an aromatic ring is 1. The summed E-state index contributed by atoms with van der Waals surface area (Å²) in [6, 6.07) is 11.5. The number of nitrogens with one attached hydrogen (secondary N) is 1. The second kappa shape index (κ2) is 6.31. The average molecular weight is 284 g/mol. The van der Waals surface area contributed by atoms with Gasteiger partial charge in [-0.25, -0.2) is 0 Å². The summed E-state index contributed by atoms with van der Waals surface area (Å²) in [5.74, 6) is 1.58. The van der Waals surface area contributed by atoms with Gasteiger partial charge in [-0.05, 0) is 55.3 Å². The molecule has 2 aromatic rings. The van der Waals surface area contributed by atoms with E-state index in [0.717, 1.165) is 28.2 Å². The highest BCUT2D eigenvalue weighted by molar-refractivity contribution is 5.95. The van der Waals surface area contributed by atoms with E-state index >= 15 is 0 Å². The van der Waals surface area contributed by atoms with Crippen molar-refractivity contribution in [2.45, 2.75) is 20.5 Å². The summed E-state index contributed by atoms with van der Waals surface area (Å²) in [6.45, 7) is 4.45. The van der Waals surface area contributed by atoms with Crippen LogP contribution in [0.3, 0.4) is 0 Å².